The van der Waals surface area contributed by atoms with Gasteiger partial charge >= 0.3 is 5.97 Å². The number of dihydropyridines is 1. The number of Topliss-reactive ketones (excluding diaryl/α,β-unsaturated/α-hetero) is 1. The van der Waals surface area contributed by atoms with Gasteiger partial charge in [-0.15, -0.1) is 0 Å². The summed E-state index contributed by atoms with van der Waals surface area (Å²) in [6, 6.07) is 18.0. The van der Waals surface area contributed by atoms with Crippen molar-refractivity contribution < 1.29 is 14.3 Å². The molecule has 0 spiro atoms. The summed E-state index contributed by atoms with van der Waals surface area (Å²) >= 11 is 2.29. The number of hydrogen-bond acceptors (Lipinski definition) is 4. The number of rotatable bonds is 3. The maximum Gasteiger partial charge on any atom is 0.336 e. The van der Waals surface area contributed by atoms with Gasteiger partial charge in [-0.05, 0) is 79.3 Å². The average molecular weight is 550 g/mol. The molecule has 5 nitrogen and oxygen atoms in total. The van der Waals surface area contributed by atoms with E-state index in [1.165, 1.54) is 7.11 Å². The van der Waals surface area contributed by atoms with Gasteiger partial charge in [-0.25, -0.2) is 4.79 Å². The number of methoxy groups -OCH3 is 1. The van der Waals surface area contributed by atoms with Crippen molar-refractivity contribution >= 4 is 40.0 Å². The molecule has 0 fully saturated rings. The minimum absolute atomic E-state index is 0.0499. The molecule has 3 aromatic rings. The molecule has 0 unspecified atom stereocenters. The lowest BCUT2D eigenvalue weighted by Gasteiger charge is -2.29. The predicted octanol–water partition coefficient (Wildman–Crippen LogP) is 5.44. The van der Waals surface area contributed by atoms with Gasteiger partial charge in [-0.2, -0.15) is 0 Å². The van der Waals surface area contributed by atoms with Crippen LogP contribution in [0.15, 0.2) is 71.4 Å². The third kappa shape index (κ3) is 3.27. The Hall–Kier alpha value is -3.13. The number of aromatic nitrogens is 1. The number of nitrogens with zero attached hydrogens (tertiary/aromatic N) is 1. The third-order valence-electron chi connectivity index (χ3n) is 6.52. The second kappa shape index (κ2) is 8.02. The van der Waals surface area contributed by atoms with Gasteiger partial charge in [0.05, 0.1) is 24.3 Å². The molecule has 0 bridgehead atoms. The van der Waals surface area contributed by atoms with Crippen LogP contribution < -0.4 is 5.32 Å². The van der Waals surface area contributed by atoms with Gasteiger partial charge in [-0.1, -0.05) is 24.3 Å². The SMILES string of the molecule is COC(=O)C1=C(C)NC2=C(C(=O)c3ccccc32)[C@@H]1c1cc(C)n(-c2ccc(I)cc2)c1C. The van der Waals surface area contributed by atoms with Crippen LogP contribution in [0.4, 0.5) is 0 Å². The smallest absolute Gasteiger partial charge is 0.336 e. The molecule has 0 radical (unpaired) electrons. The number of benzene rings is 2. The highest BCUT2D eigenvalue weighted by Crippen LogP contribution is 2.48. The van der Waals surface area contributed by atoms with Gasteiger partial charge in [0.1, 0.15) is 0 Å². The largest absolute Gasteiger partial charge is 0.466 e. The Balaban J connectivity index is 1.75. The molecule has 0 saturated carbocycles. The molecule has 1 aromatic heterocycles. The Morgan fingerprint density at radius 3 is 2.36 bits per heavy atom. The van der Waals surface area contributed by atoms with E-state index in [2.05, 4.69) is 62.8 Å². The number of esters is 1. The van der Waals surface area contributed by atoms with Crippen LogP contribution in [0.3, 0.4) is 0 Å². The van der Waals surface area contributed by atoms with E-state index in [-0.39, 0.29) is 5.78 Å². The molecule has 2 heterocycles. The Labute approximate surface area is 206 Å². The standard InChI is InChI=1S/C27H23IN2O3/c1-14-13-21(16(3)30(14)18-11-9-17(28)10-12-18)23-22(27(32)33-4)15(2)29-25-19-7-5-6-8-20(19)26(31)24(23)25/h5-13,23,29H,1-4H3/t23-/m1/s1. The van der Waals surface area contributed by atoms with E-state index in [1.54, 1.807) is 0 Å². The average Bonchev–Trinajstić information content (AvgIpc) is 3.26. The molecule has 0 saturated heterocycles. The fourth-order valence-electron chi connectivity index (χ4n) is 5.09. The molecular formula is C27H23IN2O3. The van der Waals surface area contributed by atoms with Crippen LogP contribution >= 0.6 is 22.6 Å². The van der Waals surface area contributed by atoms with Gasteiger partial charge in [0, 0.05) is 43.0 Å². The first-order valence-corrected chi connectivity index (χ1v) is 11.8. The predicted molar refractivity (Wildman–Crippen MR) is 136 cm³/mol. The van der Waals surface area contributed by atoms with Gasteiger partial charge in [0.25, 0.3) is 0 Å². The lowest BCUT2D eigenvalue weighted by atomic mass is 9.79. The summed E-state index contributed by atoms with van der Waals surface area (Å²) < 4.78 is 8.50. The zero-order valence-corrected chi connectivity index (χ0v) is 21.0. The highest BCUT2D eigenvalue weighted by atomic mass is 127. The van der Waals surface area contributed by atoms with Crippen molar-refractivity contribution in [2.24, 2.45) is 0 Å². The highest BCUT2D eigenvalue weighted by molar-refractivity contribution is 14.1. The molecule has 166 valence electrons. The van der Waals surface area contributed by atoms with Crippen LogP contribution in [0.1, 0.15) is 45.7 Å². The van der Waals surface area contributed by atoms with Gasteiger partial charge in [0.15, 0.2) is 5.78 Å². The number of halogens is 1. The fourth-order valence-corrected chi connectivity index (χ4v) is 5.45. The number of fused-ring (bicyclic) bond motifs is 2. The Morgan fingerprint density at radius 1 is 1.03 bits per heavy atom. The molecule has 1 aliphatic carbocycles. The van der Waals surface area contributed by atoms with Crippen LogP contribution in [0, 0.1) is 17.4 Å². The molecule has 1 aliphatic heterocycles. The van der Waals surface area contributed by atoms with Crippen molar-refractivity contribution in [2.45, 2.75) is 26.7 Å². The first-order chi connectivity index (χ1) is 15.8. The zero-order valence-electron chi connectivity index (χ0n) is 18.8. The van der Waals surface area contributed by atoms with E-state index in [9.17, 15) is 9.59 Å². The summed E-state index contributed by atoms with van der Waals surface area (Å²) in [6.07, 6.45) is 0. The number of carbonyl (C=O) groups excluding carboxylic acids is 2. The van der Waals surface area contributed by atoms with Crippen molar-refractivity contribution in [3.63, 3.8) is 0 Å². The molecule has 2 aromatic carbocycles. The maximum atomic E-state index is 13.6. The number of nitrogens with one attached hydrogen (secondary N) is 1. The summed E-state index contributed by atoms with van der Waals surface area (Å²) in [5.74, 6) is -0.997. The van der Waals surface area contributed by atoms with Crippen LogP contribution in [-0.2, 0) is 9.53 Å². The van der Waals surface area contributed by atoms with E-state index < -0.39 is 11.9 Å². The molecule has 6 heteroatoms. The lowest BCUT2D eigenvalue weighted by molar-refractivity contribution is -0.136. The van der Waals surface area contributed by atoms with Crippen LogP contribution in [0.5, 0.6) is 0 Å². The number of allylic oxidation sites excluding steroid dienone is 2. The minimum atomic E-state index is -0.516. The molecule has 2 aliphatic rings. The quantitative estimate of drug-likeness (QED) is 0.349. The minimum Gasteiger partial charge on any atom is -0.466 e. The molecule has 1 N–H and O–H groups in total. The third-order valence-corrected chi connectivity index (χ3v) is 7.24. The number of ketones is 1. The lowest BCUT2D eigenvalue weighted by Crippen LogP contribution is -2.29. The van der Waals surface area contributed by atoms with E-state index in [4.69, 9.17) is 4.74 Å². The van der Waals surface area contributed by atoms with Crippen molar-refractivity contribution in [3.8, 4) is 5.69 Å². The summed E-state index contributed by atoms with van der Waals surface area (Å²) in [6.45, 7) is 5.95. The normalized spacial score (nSPS) is 17.1. The fraction of sp³-hybridized carbons (Fsp3) is 0.185. The van der Waals surface area contributed by atoms with Crippen molar-refractivity contribution in [1.82, 2.24) is 9.88 Å². The molecule has 5 rings (SSSR count). The second-order valence-electron chi connectivity index (χ2n) is 8.39. The molecular weight excluding hydrogens is 527 g/mol. The van der Waals surface area contributed by atoms with Gasteiger partial charge in [0.2, 0.25) is 0 Å². The summed E-state index contributed by atoms with van der Waals surface area (Å²) in [5.41, 5.74) is 8.09. The first-order valence-electron chi connectivity index (χ1n) is 10.7. The van der Waals surface area contributed by atoms with Crippen molar-refractivity contribution in [2.75, 3.05) is 7.11 Å². The van der Waals surface area contributed by atoms with Crippen molar-refractivity contribution in [1.29, 1.82) is 0 Å². The molecule has 1 atom stereocenters. The van der Waals surface area contributed by atoms with Crippen LogP contribution in [0.25, 0.3) is 11.4 Å². The second-order valence-corrected chi connectivity index (χ2v) is 9.64. The Kier molecular flexibility index (Phi) is 5.28. The summed E-state index contributed by atoms with van der Waals surface area (Å²) in [5, 5.41) is 3.34. The van der Waals surface area contributed by atoms with E-state index >= 15 is 0 Å². The Bertz CT molecular complexity index is 1390. The number of hydrogen-bond donors (Lipinski definition) is 1. The van der Waals surface area contributed by atoms with Gasteiger partial charge in [-0.3, -0.25) is 4.79 Å². The molecule has 33 heavy (non-hydrogen) atoms. The summed E-state index contributed by atoms with van der Waals surface area (Å²) in [7, 11) is 1.38. The van der Waals surface area contributed by atoms with Crippen LogP contribution in [0.2, 0.25) is 0 Å². The summed E-state index contributed by atoms with van der Waals surface area (Å²) in [4.78, 5) is 26.6. The van der Waals surface area contributed by atoms with Crippen molar-refractivity contribution in [3.05, 3.63) is 103 Å². The number of carbonyl (C=O) groups is 2. The number of ether oxygens (including phenoxy) is 1. The maximum absolute atomic E-state index is 13.6. The zero-order chi connectivity index (χ0) is 23.4. The van der Waals surface area contributed by atoms with Crippen LogP contribution in [-0.4, -0.2) is 23.4 Å². The Morgan fingerprint density at radius 2 is 1.70 bits per heavy atom. The van der Waals surface area contributed by atoms with E-state index in [0.717, 1.165) is 37.5 Å². The van der Waals surface area contributed by atoms with E-state index in [1.807, 2.05) is 45.0 Å². The first kappa shape index (κ1) is 21.7. The number of aryl methyl sites for hydroxylation is 1. The van der Waals surface area contributed by atoms with E-state index in [0.29, 0.717) is 22.4 Å². The topological polar surface area (TPSA) is 60.3 Å². The van der Waals surface area contributed by atoms with Gasteiger partial charge < -0.3 is 14.6 Å². The monoisotopic (exact) mass is 550 g/mol. The highest BCUT2D eigenvalue weighted by Gasteiger charge is 2.43. The molecule has 0 amide bonds.